The summed E-state index contributed by atoms with van der Waals surface area (Å²) in [4.78, 5) is 19.0. The van der Waals surface area contributed by atoms with Crippen LogP contribution in [-0.4, -0.2) is 47.7 Å². The number of benzene rings is 2. The number of methoxy groups -OCH3 is 1. The fourth-order valence-corrected chi connectivity index (χ4v) is 5.51. The van der Waals surface area contributed by atoms with E-state index in [0.717, 1.165) is 38.9 Å². The number of carboxylic acid groups (broad SMARTS) is 1. The second-order valence-corrected chi connectivity index (χ2v) is 10.2. The number of likely N-dealkylation sites (tertiary alicyclic amines) is 1. The van der Waals surface area contributed by atoms with Gasteiger partial charge in [0.05, 0.1) is 23.1 Å². The van der Waals surface area contributed by atoms with Gasteiger partial charge in [-0.3, -0.25) is 9.78 Å². The fraction of sp³-hybridized carbons (Fsp3) is 0.448. The number of hydrogen-bond acceptors (Lipinski definition) is 4. The number of aryl methyl sites for hydroxylation is 1. The first-order chi connectivity index (χ1) is 17.4. The highest BCUT2D eigenvalue weighted by Crippen LogP contribution is 2.42. The Morgan fingerprint density at radius 1 is 1.19 bits per heavy atom. The van der Waals surface area contributed by atoms with Crippen molar-refractivity contribution in [2.75, 3.05) is 26.7 Å². The molecule has 2 heterocycles. The first kappa shape index (κ1) is 26.4. The van der Waals surface area contributed by atoms with E-state index in [9.17, 15) is 9.90 Å². The van der Waals surface area contributed by atoms with E-state index in [1.54, 1.807) is 25.3 Å². The number of carboxylic acids is 1. The van der Waals surface area contributed by atoms with Gasteiger partial charge in [-0.1, -0.05) is 41.9 Å². The van der Waals surface area contributed by atoms with Gasteiger partial charge >= 0.3 is 5.97 Å². The molecule has 36 heavy (non-hydrogen) atoms. The van der Waals surface area contributed by atoms with E-state index >= 15 is 4.39 Å². The topological polar surface area (TPSA) is 62.7 Å². The second kappa shape index (κ2) is 12.0. The Morgan fingerprint density at radius 3 is 2.64 bits per heavy atom. The van der Waals surface area contributed by atoms with Gasteiger partial charge in [-0.2, -0.15) is 0 Å². The predicted octanol–water partition coefficient (Wildman–Crippen LogP) is 6.88. The molecule has 3 aromatic rings. The van der Waals surface area contributed by atoms with Crippen molar-refractivity contribution in [3.8, 4) is 5.75 Å². The standard InChI is InChI=1S/C29H34ClFN2O3/c1-36-22-10-11-26-23(19-22)27(24(30)20-32-26)25(31)12-13-29(28(34)35)14-17-33(18-15-29)16-6-5-9-21-7-3-2-4-8-21/h2-4,7-8,10-11,19-20,25H,5-6,9,12-18H2,1H3,(H,34,35)/t25-/m0/s1. The Bertz CT molecular complexity index is 1170. The van der Waals surface area contributed by atoms with Crippen LogP contribution in [0.25, 0.3) is 10.9 Å². The summed E-state index contributed by atoms with van der Waals surface area (Å²) in [6.45, 7) is 2.42. The molecule has 0 saturated carbocycles. The van der Waals surface area contributed by atoms with Gasteiger partial charge in [0.1, 0.15) is 11.9 Å². The average molecular weight is 513 g/mol. The zero-order valence-corrected chi connectivity index (χ0v) is 21.5. The molecule has 0 amide bonds. The third-order valence-corrected chi connectivity index (χ3v) is 7.86. The van der Waals surface area contributed by atoms with Crippen LogP contribution in [-0.2, 0) is 11.2 Å². The van der Waals surface area contributed by atoms with Crippen molar-refractivity contribution in [3.05, 3.63) is 70.9 Å². The maximum Gasteiger partial charge on any atom is 0.309 e. The van der Waals surface area contributed by atoms with Crippen molar-refractivity contribution in [2.24, 2.45) is 5.41 Å². The van der Waals surface area contributed by atoms with Crippen LogP contribution in [0.5, 0.6) is 5.75 Å². The van der Waals surface area contributed by atoms with Crippen molar-refractivity contribution in [2.45, 2.75) is 51.1 Å². The predicted molar refractivity (Wildman–Crippen MR) is 142 cm³/mol. The molecule has 1 aromatic heterocycles. The van der Waals surface area contributed by atoms with Gasteiger partial charge in [-0.15, -0.1) is 0 Å². The lowest BCUT2D eigenvalue weighted by Crippen LogP contribution is -2.44. The summed E-state index contributed by atoms with van der Waals surface area (Å²) in [5.41, 5.74) is 1.43. The molecule has 192 valence electrons. The molecule has 1 aliphatic rings. The summed E-state index contributed by atoms with van der Waals surface area (Å²) >= 11 is 6.36. The van der Waals surface area contributed by atoms with Gasteiger partial charge in [0.2, 0.25) is 0 Å². The summed E-state index contributed by atoms with van der Waals surface area (Å²) in [6, 6.07) is 15.7. The van der Waals surface area contributed by atoms with Gasteiger partial charge in [0.15, 0.2) is 0 Å². The number of hydrogen-bond donors (Lipinski definition) is 1. The lowest BCUT2D eigenvalue weighted by molar-refractivity contribution is -0.153. The molecule has 2 aromatic carbocycles. The molecular weight excluding hydrogens is 479 g/mol. The number of ether oxygens (including phenoxy) is 1. The van der Waals surface area contributed by atoms with Crippen LogP contribution in [0.3, 0.4) is 0 Å². The van der Waals surface area contributed by atoms with Crippen LogP contribution in [0.15, 0.2) is 54.7 Å². The van der Waals surface area contributed by atoms with Gasteiger partial charge in [0.25, 0.3) is 0 Å². The van der Waals surface area contributed by atoms with E-state index in [4.69, 9.17) is 16.3 Å². The molecule has 0 aliphatic carbocycles. The lowest BCUT2D eigenvalue weighted by atomic mass is 9.74. The number of fused-ring (bicyclic) bond motifs is 1. The highest BCUT2D eigenvalue weighted by molar-refractivity contribution is 6.32. The summed E-state index contributed by atoms with van der Waals surface area (Å²) in [5, 5.41) is 10.9. The van der Waals surface area contributed by atoms with Gasteiger partial charge in [0, 0.05) is 17.1 Å². The Balaban J connectivity index is 1.34. The maximum absolute atomic E-state index is 15.6. The number of nitrogens with zero attached hydrogens (tertiary/aromatic N) is 2. The van der Waals surface area contributed by atoms with E-state index in [2.05, 4.69) is 34.1 Å². The normalized spacial score (nSPS) is 16.6. The second-order valence-electron chi connectivity index (χ2n) is 9.78. The number of rotatable bonds is 11. The quantitative estimate of drug-likeness (QED) is 0.284. The van der Waals surface area contributed by atoms with Crippen molar-refractivity contribution >= 4 is 28.5 Å². The Hall–Kier alpha value is -2.70. The number of alkyl halides is 1. The minimum absolute atomic E-state index is 0.0966. The van der Waals surface area contributed by atoms with Crippen LogP contribution in [0.4, 0.5) is 4.39 Å². The molecule has 1 fully saturated rings. The summed E-state index contributed by atoms with van der Waals surface area (Å²) < 4.78 is 20.9. The maximum atomic E-state index is 15.6. The van der Waals surface area contributed by atoms with E-state index < -0.39 is 17.6 Å². The molecule has 1 saturated heterocycles. The Morgan fingerprint density at radius 2 is 1.94 bits per heavy atom. The summed E-state index contributed by atoms with van der Waals surface area (Å²) in [7, 11) is 1.55. The van der Waals surface area contributed by atoms with Crippen molar-refractivity contribution in [3.63, 3.8) is 0 Å². The zero-order chi connectivity index (χ0) is 25.5. The molecule has 0 unspecified atom stereocenters. The molecule has 0 spiro atoms. The Labute approximate surface area is 217 Å². The number of unbranched alkanes of at least 4 members (excludes halogenated alkanes) is 1. The highest BCUT2D eigenvalue weighted by Gasteiger charge is 2.41. The number of pyridine rings is 1. The van der Waals surface area contributed by atoms with Crippen molar-refractivity contribution in [1.82, 2.24) is 9.88 Å². The van der Waals surface area contributed by atoms with Crippen LogP contribution in [0, 0.1) is 5.41 Å². The molecule has 0 radical (unpaired) electrons. The number of piperidine rings is 1. The van der Waals surface area contributed by atoms with Crippen molar-refractivity contribution < 1.29 is 19.0 Å². The van der Waals surface area contributed by atoms with Crippen LogP contribution in [0.1, 0.15) is 55.8 Å². The minimum Gasteiger partial charge on any atom is -0.497 e. The largest absolute Gasteiger partial charge is 0.497 e. The minimum atomic E-state index is -1.39. The highest BCUT2D eigenvalue weighted by atomic mass is 35.5. The smallest absolute Gasteiger partial charge is 0.309 e. The molecule has 1 aliphatic heterocycles. The SMILES string of the molecule is COc1ccc2ncc(Cl)c([C@@H](F)CCC3(C(=O)O)CCN(CCCCc4ccccc4)CC3)c2c1. The zero-order valence-electron chi connectivity index (χ0n) is 20.8. The van der Waals surface area contributed by atoms with Crippen LogP contribution >= 0.6 is 11.6 Å². The molecule has 0 bridgehead atoms. The average Bonchev–Trinajstić information content (AvgIpc) is 2.90. The van der Waals surface area contributed by atoms with Gasteiger partial charge in [-0.25, -0.2) is 4.39 Å². The van der Waals surface area contributed by atoms with E-state index in [1.165, 1.54) is 11.8 Å². The van der Waals surface area contributed by atoms with Crippen LogP contribution in [0.2, 0.25) is 5.02 Å². The fourth-order valence-electron chi connectivity index (χ4n) is 5.25. The van der Waals surface area contributed by atoms with Gasteiger partial charge < -0.3 is 14.7 Å². The molecule has 1 atom stereocenters. The van der Waals surface area contributed by atoms with Gasteiger partial charge in [-0.05, 0) is 88.3 Å². The van der Waals surface area contributed by atoms with E-state index in [-0.39, 0.29) is 17.9 Å². The third-order valence-electron chi connectivity index (χ3n) is 7.56. The first-order valence-electron chi connectivity index (χ1n) is 12.7. The monoisotopic (exact) mass is 512 g/mol. The molecule has 4 rings (SSSR count). The molecule has 5 nitrogen and oxygen atoms in total. The van der Waals surface area contributed by atoms with Crippen molar-refractivity contribution in [1.29, 1.82) is 0 Å². The summed E-state index contributed by atoms with van der Waals surface area (Å²) in [6.07, 6.45) is 4.76. The lowest BCUT2D eigenvalue weighted by Gasteiger charge is -2.39. The van der Waals surface area contributed by atoms with E-state index in [0.29, 0.717) is 35.1 Å². The third kappa shape index (κ3) is 6.16. The summed E-state index contributed by atoms with van der Waals surface area (Å²) in [5.74, 6) is -0.232. The number of carbonyl (C=O) groups is 1. The molecular formula is C29H34ClFN2O3. The number of aliphatic carboxylic acids is 1. The van der Waals surface area contributed by atoms with E-state index in [1.807, 2.05) is 6.07 Å². The Kier molecular flexibility index (Phi) is 8.81. The van der Waals surface area contributed by atoms with Crippen LogP contribution < -0.4 is 4.74 Å². The molecule has 1 N–H and O–H groups in total. The number of aromatic nitrogens is 1. The first-order valence-corrected chi connectivity index (χ1v) is 13.1. The number of halogens is 2. The molecule has 7 heteroatoms.